The number of anilines is 2. The largest absolute Gasteiger partial charge is 0.349 e. The highest BCUT2D eigenvalue weighted by molar-refractivity contribution is 8.00. The molecular weight excluding hydrogens is 280 g/mol. The van der Waals surface area contributed by atoms with E-state index < -0.39 is 4.92 Å². The topological polar surface area (TPSA) is 110 Å². The molecule has 20 heavy (non-hydrogen) atoms. The molecule has 0 amide bonds. The van der Waals surface area contributed by atoms with Crippen LogP contribution in [0.1, 0.15) is 19.0 Å². The molecule has 2 rings (SSSR count). The van der Waals surface area contributed by atoms with Gasteiger partial charge in [-0.1, -0.05) is 6.92 Å². The number of thioether (sulfide) groups is 1. The zero-order valence-corrected chi connectivity index (χ0v) is 12.3. The van der Waals surface area contributed by atoms with Crippen LogP contribution in [0.5, 0.6) is 0 Å². The lowest BCUT2D eigenvalue weighted by Gasteiger charge is -2.32. The van der Waals surface area contributed by atoms with Crippen molar-refractivity contribution >= 4 is 29.2 Å². The van der Waals surface area contributed by atoms with Gasteiger partial charge in [-0.2, -0.15) is 16.7 Å². The van der Waals surface area contributed by atoms with Crippen LogP contribution in [0.25, 0.3) is 0 Å². The number of hydrazine groups is 1. The molecule has 1 aliphatic heterocycles. The number of hydrogen-bond acceptors (Lipinski definition) is 8. The highest BCUT2D eigenvalue weighted by Gasteiger charge is 2.29. The summed E-state index contributed by atoms with van der Waals surface area (Å²) in [5, 5.41) is 11.7. The summed E-state index contributed by atoms with van der Waals surface area (Å²) in [5.41, 5.74) is 2.64. The number of rotatable bonds is 4. The third-order valence-corrected chi connectivity index (χ3v) is 4.62. The Bertz CT molecular complexity index is 512. The summed E-state index contributed by atoms with van der Waals surface area (Å²) in [6, 6.07) is 0. The Labute approximate surface area is 121 Å². The van der Waals surface area contributed by atoms with Crippen LogP contribution in [-0.2, 0) is 0 Å². The molecule has 1 fully saturated rings. The molecule has 1 aromatic rings. The Balaban J connectivity index is 2.42. The number of nitrogen functional groups attached to an aromatic ring is 1. The van der Waals surface area contributed by atoms with Gasteiger partial charge in [-0.25, -0.2) is 10.8 Å². The van der Waals surface area contributed by atoms with E-state index in [0.717, 1.165) is 25.3 Å². The molecule has 3 N–H and O–H groups in total. The number of nitro groups is 1. The van der Waals surface area contributed by atoms with Crippen molar-refractivity contribution in [3.8, 4) is 0 Å². The SMILES string of the molecule is CCC1CN(c2nc(NN)nc(C)c2[N+](=O)[O-])CCS1. The van der Waals surface area contributed by atoms with Crippen LogP contribution in [0.2, 0.25) is 0 Å². The minimum Gasteiger partial charge on any atom is -0.349 e. The summed E-state index contributed by atoms with van der Waals surface area (Å²) in [7, 11) is 0. The molecule has 8 nitrogen and oxygen atoms in total. The molecule has 9 heteroatoms. The second kappa shape index (κ2) is 6.23. The van der Waals surface area contributed by atoms with E-state index in [1.807, 2.05) is 16.7 Å². The minimum atomic E-state index is -0.423. The van der Waals surface area contributed by atoms with E-state index in [-0.39, 0.29) is 11.6 Å². The van der Waals surface area contributed by atoms with Crippen molar-refractivity contribution < 1.29 is 4.92 Å². The van der Waals surface area contributed by atoms with Gasteiger partial charge in [-0.3, -0.25) is 15.5 Å². The van der Waals surface area contributed by atoms with E-state index >= 15 is 0 Å². The number of aryl methyl sites for hydroxylation is 1. The third-order valence-electron chi connectivity index (χ3n) is 3.25. The van der Waals surface area contributed by atoms with Crippen molar-refractivity contribution in [3.63, 3.8) is 0 Å². The lowest BCUT2D eigenvalue weighted by atomic mass is 10.2. The molecule has 1 aromatic heterocycles. The summed E-state index contributed by atoms with van der Waals surface area (Å²) in [6.45, 7) is 5.21. The Morgan fingerprint density at radius 3 is 2.95 bits per heavy atom. The summed E-state index contributed by atoms with van der Waals surface area (Å²) >= 11 is 1.89. The Hall–Kier alpha value is -1.61. The van der Waals surface area contributed by atoms with Gasteiger partial charge in [0.2, 0.25) is 11.8 Å². The molecule has 1 aliphatic rings. The van der Waals surface area contributed by atoms with Gasteiger partial charge in [-0.15, -0.1) is 0 Å². The van der Waals surface area contributed by atoms with E-state index in [1.54, 1.807) is 6.92 Å². The first kappa shape index (κ1) is 14.8. The van der Waals surface area contributed by atoms with Crippen LogP contribution in [0.3, 0.4) is 0 Å². The molecular formula is C11H18N6O2S. The number of nitrogens with one attached hydrogen (secondary N) is 1. The lowest BCUT2D eigenvalue weighted by molar-refractivity contribution is -0.385. The summed E-state index contributed by atoms with van der Waals surface area (Å²) in [6.07, 6.45) is 1.03. The van der Waals surface area contributed by atoms with Gasteiger partial charge in [0.1, 0.15) is 5.69 Å². The van der Waals surface area contributed by atoms with E-state index in [9.17, 15) is 10.1 Å². The highest BCUT2D eigenvalue weighted by Crippen LogP contribution is 2.33. The summed E-state index contributed by atoms with van der Waals surface area (Å²) in [4.78, 5) is 21.0. The molecule has 0 bridgehead atoms. The fourth-order valence-electron chi connectivity index (χ4n) is 2.21. The maximum absolute atomic E-state index is 11.3. The molecule has 1 atom stereocenters. The number of nitrogens with zero attached hydrogens (tertiary/aromatic N) is 4. The molecule has 2 heterocycles. The molecule has 0 spiro atoms. The van der Waals surface area contributed by atoms with Crippen molar-refractivity contribution in [3.05, 3.63) is 15.8 Å². The Kier molecular flexibility index (Phi) is 4.61. The van der Waals surface area contributed by atoms with Gasteiger partial charge in [0.05, 0.1) is 4.92 Å². The van der Waals surface area contributed by atoms with Crippen LogP contribution in [0.4, 0.5) is 17.5 Å². The first-order chi connectivity index (χ1) is 9.56. The predicted octanol–water partition coefficient (Wildman–Crippen LogP) is 1.31. The smallest absolute Gasteiger partial charge is 0.332 e. The summed E-state index contributed by atoms with van der Waals surface area (Å²) < 4.78 is 0. The van der Waals surface area contributed by atoms with E-state index in [2.05, 4.69) is 22.3 Å². The minimum absolute atomic E-state index is 0.0363. The van der Waals surface area contributed by atoms with Crippen molar-refractivity contribution in [1.29, 1.82) is 0 Å². The van der Waals surface area contributed by atoms with Gasteiger partial charge in [0, 0.05) is 24.1 Å². The molecule has 0 saturated carbocycles. The normalized spacial score (nSPS) is 18.9. The number of hydrogen-bond donors (Lipinski definition) is 2. The van der Waals surface area contributed by atoms with Gasteiger partial charge in [0.25, 0.3) is 0 Å². The molecule has 110 valence electrons. The van der Waals surface area contributed by atoms with Crippen LogP contribution in [0.15, 0.2) is 0 Å². The van der Waals surface area contributed by atoms with Gasteiger partial charge in [-0.05, 0) is 13.3 Å². The van der Waals surface area contributed by atoms with Crippen LogP contribution < -0.4 is 16.2 Å². The number of aromatic nitrogens is 2. The maximum Gasteiger partial charge on any atom is 0.332 e. The van der Waals surface area contributed by atoms with Gasteiger partial charge < -0.3 is 4.90 Å². The van der Waals surface area contributed by atoms with Crippen molar-refractivity contribution in [1.82, 2.24) is 9.97 Å². The van der Waals surface area contributed by atoms with Crippen LogP contribution >= 0.6 is 11.8 Å². The van der Waals surface area contributed by atoms with Crippen LogP contribution in [0, 0.1) is 17.0 Å². The lowest BCUT2D eigenvalue weighted by Crippen LogP contribution is -2.38. The van der Waals surface area contributed by atoms with E-state index in [1.165, 1.54) is 0 Å². The first-order valence-electron chi connectivity index (χ1n) is 6.43. The monoisotopic (exact) mass is 298 g/mol. The standard InChI is InChI=1S/C11H18N6O2S/c1-3-8-6-16(4-5-20-8)10-9(17(18)19)7(2)13-11(14-10)15-12/h8H,3-6,12H2,1-2H3,(H,13,14,15). The van der Waals surface area contributed by atoms with Crippen molar-refractivity contribution in [2.75, 3.05) is 29.2 Å². The van der Waals surface area contributed by atoms with Crippen molar-refractivity contribution in [2.45, 2.75) is 25.5 Å². The fraction of sp³-hybridized carbons (Fsp3) is 0.636. The molecule has 0 radical (unpaired) electrons. The number of nitrogens with two attached hydrogens (primary N) is 1. The zero-order valence-electron chi connectivity index (χ0n) is 11.5. The van der Waals surface area contributed by atoms with Crippen molar-refractivity contribution in [2.24, 2.45) is 5.84 Å². The average Bonchev–Trinajstić information content (AvgIpc) is 2.45. The highest BCUT2D eigenvalue weighted by atomic mass is 32.2. The summed E-state index contributed by atoms with van der Waals surface area (Å²) in [5.74, 6) is 6.82. The molecule has 0 aliphatic carbocycles. The van der Waals surface area contributed by atoms with Gasteiger partial charge in [0.15, 0.2) is 0 Å². The quantitative estimate of drug-likeness (QED) is 0.486. The predicted molar refractivity (Wildman–Crippen MR) is 80.0 cm³/mol. The van der Waals surface area contributed by atoms with E-state index in [0.29, 0.717) is 16.8 Å². The average molecular weight is 298 g/mol. The maximum atomic E-state index is 11.3. The zero-order chi connectivity index (χ0) is 14.7. The fourth-order valence-corrected chi connectivity index (χ4v) is 3.39. The Morgan fingerprint density at radius 2 is 2.35 bits per heavy atom. The third kappa shape index (κ3) is 2.93. The first-order valence-corrected chi connectivity index (χ1v) is 7.47. The molecule has 1 unspecified atom stereocenters. The molecule has 1 saturated heterocycles. The molecule has 0 aromatic carbocycles. The second-order valence-corrected chi connectivity index (χ2v) is 5.96. The van der Waals surface area contributed by atoms with Gasteiger partial charge >= 0.3 is 5.69 Å². The van der Waals surface area contributed by atoms with Crippen LogP contribution in [-0.4, -0.2) is 39.0 Å². The second-order valence-electron chi connectivity index (χ2n) is 4.55. The van der Waals surface area contributed by atoms with E-state index in [4.69, 9.17) is 5.84 Å². The Morgan fingerprint density at radius 1 is 1.60 bits per heavy atom.